The number of amides is 1. The molecule has 0 fully saturated rings. The van der Waals surface area contributed by atoms with Crippen LogP contribution in [0.4, 0.5) is 5.69 Å². The standard InChI is InChI=1S/C18H18BrNO2/c1-11-3-8-16-15(9-11)17(21)10-12(2)20(16)18(22)13-4-6-14(19)7-5-13/h3-9,12,17,21H,10H2,1-2H3/t12?,17-/m0/s1. The van der Waals surface area contributed by atoms with Gasteiger partial charge in [0.1, 0.15) is 0 Å². The lowest BCUT2D eigenvalue weighted by Crippen LogP contribution is -2.43. The van der Waals surface area contributed by atoms with Gasteiger partial charge in [-0.05, 0) is 50.6 Å². The summed E-state index contributed by atoms with van der Waals surface area (Å²) in [6.45, 7) is 3.97. The number of aryl methyl sites for hydroxylation is 1. The maximum atomic E-state index is 12.9. The van der Waals surface area contributed by atoms with Crippen molar-refractivity contribution in [2.75, 3.05) is 4.90 Å². The summed E-state index contributed by atoms with van der Waals surface area (Å²) in [5.74, 6) is -0.0306. The van der Waals surface area contributed by atoms with Gasteiger partial charge in [0.2, 0.25) is 0 Å². The van der Waals surface area contributed by atoms with Crippen LogP contribution in [-0.4, -0.2) is 17.1 Å². The van der Waals surface area contributed by atoms with Crippen molar-refractivity contribution in [2.24, 2.45) is 0 Å². The molecule has 0 radical (unpaired) electrons. The Bertz CT molecular complexity index is 712. The van der Waals surface area contributed by atoms with E-state index in [2.05, 4.69) is 15.9 Å². The molecule has 0 spiro atoms. The van der Waals surface area contributed by atoms with E-state index in [4.69, 9.17) is 0 Å². The number of carbonyl (C=O) groups excluding carboxylic acids is 1. The zero-order chi connectivity index (χ0) is 15.9. The number of aliphatic hydroxyl groups is 1. The Morgan fingerprint density at radius 2 is 1.91 bits per heavy atom. The van der Waals surface area contributed by atoms with E-state index in [0.717, 1.165) is 21.3 Å². The topological polar surface area (TPSA) is 40.5 Å². The Hall–Kier alpha value is -1.65. The third kappa shape index (κ3) is 2.69. The third-order valence-corrected chi connectivity index (χ3v) is 4.65. The van der Waals surface area contributed by atoms with Gasteiger partial charge in [-0.15, -0.1) is 0 Å². The molecule has 1 heterocycles. The number of carbonyl (C=O) groups is 1. The molecule has 3 nitrogen and oxygen atoms in total. The fourth-order valence-corrected chi connectivity index (χ4v) is 3.26. The summed E-state index contributed by atoms with van der Waals surface area (Å²) in [4.78, 5) is 14.7. The normalized spacial score (nSPS) is 20.6. The van der Waals surface area contributed by atoms with Crippen LogP contribution in [-0.2, 0) is 0 Å². The molecule has 0 saturated carbocycles. The Morgan fingerprint density at radius 3 is 2.59 bits per heavy atom. The van der Waals surface area contributed by atoms with E-state index in [9.17, 15) is 9.90 Å². The molecule has 1 aliphatic heterocycles. The molecule has 0 aliphatic carbocycles. The first-order chi connectivity index (χ1) is 10.5. The Balaban J connectivity index is 2.04. The monoisotopic (exact) mass is 359 g/mol. The number of rotatable bonds is 1. The summed E-state index contributed by atoms with van der Waals surface area (Å²) in [5.41, 5.74) is 3.38. The molecule has 3 rings (SSSR count). The molecule has 2 aromatic rings. The van der Waals surface area contributed by atoms with Crippen LogP contribution in [0.15, 0.2) is 46.9 Å². The van der Waals surface area contributed by atoms with Gasteiger partial charge in [-0.25, -0.2) is 0 Å². The van der Waals surface area contributed by atoms with E-state index in [-0.39, 0.29) is 11.9 Å². The molecular weight excluding hydrogens is 342 g/mol. The Morgan fingerprint density at radius 1 is 1.23 bits per heavy atom. The highest BCUT2D eigenvalue weighted by Gasteiger charge is 2.33. The minimum absolute atomic E-state index is 0.0306. The van der Waals surface area contributed by atoms with Crippen LogP contribution in [0.25, 0.3) is 0 Å². The molecule has 2 atom stereocenters. The molecule has 1 N–H and O–H groups in total. The number of hydrogen-bond acceptors (Lipinski definition) is 2. The molecule has 0 aromatic heterocycles. The van der Waals surface area contributed by atoms with E-state index in [1.165, 1.54) is 0 Å². The van der Waals surface area contributed by atoms with Crippen LogP contribution in [0.1, 0.15) is 40.9 Å². The highest BCUT2D eigenvalue weighted by atomic mass is 79.9. The van der Waals surface area contributed by atoms with Gasteiger partial charge < -0.3 is 10.0 Å². The number of hydrogen-bond donors (Lipinski definition) is 1. The lowest BCUT2D eigenvalue weighted by atomic mass is 9.92. The van der Waals surface area contributed by atoms with Crippen molar-refractivity contribution in [3.63, 3.8) is 0 Å². The zero-order valence-electron chi connectivity index (χ0n) is 12.6. The van der Waals surface area contributed by atoms with Crippen molar-refractivity contribution in [3.05, 3.63) is 63.6 Å². The van der Waals surface area contributed by atoms with Crippen molar-refractivity contribution in [1.29, 1.82) is 0 Å². The van der Waals surface area contributed by atoms with Crippen LogP contribution >= 0.6 is 15.9 Å². The van der Waals surface area contributed by atoms with Gasteiger partial charge in [-0.3, -0.25) is 4.79 Å². The van der Waals surface area contributed by atoms with Gasteiger partial charge >= 0.3 is 0 Å². The highest BCUT2D eigenvalue weighted by Crippen LogP contribution is 2.38. The van der Waals surface area contributed by atoms with Gasteiger partial charge in [-0.2, -0.15) is 0 Å². The first kappa shape index (κ1) is 15.3. The van der Waals surface area contributed by atoms with Crippen molar-refractivity contribution in [1.82, 2.24) is 0 Å². The molecule has 114 valence electrons. The smallest absolute Gasteiger partial charge is 0.258 e. The number of fused-ring (bicyclic) bond motifs is 1. The minimum atomic E-state index is -0.515. The largest absolute Gasteiger partial charge is 0.388 e. The SMILES string of the molecule is Cc1ccc2c(c1)[C@@H](O)CC(C)N2C(=O)c1ccc(Br)cc1. The fraction of sp³-hybridized carbons (Fsp3) is 0.278. The molecule has 22 heavy (non-hydrogen) atoms. The first-order valence-electron chi connectivity index (χ1n) is 7.35. The van der Waals surface area contributed by atoms with Crippen LogP contribution in [0.5, 0.6) is 0 Å². The summed E-state index contributed by atoms with van der Waals surface area (Å²) >= 11 is 3.39. The van der Waals surface area contributed by atoms with Crippen molar-refractivity contribution >= 4 is 27.5 Å². The van der Waals surface area contributed by atoms with E-state index in [1.807, 2.05) is 56.3 Å². The first-order valence-corrected chi connectivity index (χ1v) is 8.14. The van der Waals surface area contributed by atoms with Gasteiger partial charge in [-0.1, -0.05) is 33.6 Å². The maximum absolute atomic E-state index is 12.9. The van der Waals surface area contributed by atoms with E-state index in [1.54, 1.807) is 4.90 Å². The minimum Gasteiger partial charge on any atom is -0.388 e. The Kier molecular flexibility index (Phi) is 4.06. The van der Waals surface area contributed by atoms with Crippen LogP contribution in [0.2, 0.25) is 0 Å². The number of benzene rings is 2. The number of aliphatic hydroxyl groups excluding tert-OH is 1. The average molecular weight is 360 g/mol. The molecule has 4 heteroatoms. The van der Waals surface area contributed by atoms with Crippen molar-refractivity contribution in [2.45, 2.75) is 32.4 Å². The van der Waals surface area contributed by atoms with E-state index >= 15 is 0 Å². The zero-order valence-corrected chi connectivity index (χ0v) is 14.2. The van der Waals surface area contributed by atoms with Gasteiger partial charge in [0, 0.05) is 21.6 Å². The lowest BCUT2D eigenvalue weighted by molar-refractivity contribution is 0.0949. The second-order valence-electron chi connectivity index (χ2n) is 5.84. The third-order valence-electron chi connectivity index (χ3n) is 4.12. The van der Waals surface area contributed by atoms with E-state index < -0.39 is 6.10 Å². The van der Waals surface area contributed by atoms with Gasteiger partial charge in [0.15, 0.2) is 0 Å². The molecule has 2 aromatic carbocycles. The predicted molar refractivity (Wildman–Crippen MR) is 91.2 cm³/mol. The van der Waals surface area contributed by atoms with Crippen LogP contribution in [0.3, 0.4) is 0 Å². The van der Waals surface area contributed by atoms with Crippen LogP contribution in [0, 0.1) is 6.92 Å². The second-order valence-corrected chi connectivity index (χ2v) is 6.76. The molecular formula is C18H18BrNO2. The summed E-state index contributed by atoms with van der Waals surface area (Å²) in [5, 5.41) is 10.3. The molecule has 0 bridgehead atoms. The van der Waals surface area contributed by atoms with Crippen LogP contribution < -0.4 is 4.90 Å². The fourth-order valence-electron chi connectivity index (χ4n) is 2.99. The van der Waals surface area contributed by atoms with E-state index in [0.29, 0.717) is 12.0 Å². The summed E-state index contributed by atoms with van der Waals surface area (Å²) < 4.78 is 0.946. The second kappa shape index (κ2) is 5.86. The highest BCUT2D eigenvalue weighted by molar-refractivity contribution is 9.10. The molecule has 1 aliphatic rings. The van der Waals surface area contributed by atoms with Gasteiger partial charge in [0.05, 0.1) is 11.8 Å². The number of anilines is 1. The molecule has 0 saturated heterocycles. The van der Waals surface area contributed by atoms with Gasteiger partial charge in [0.25, 0.3) is 5.91 Å². The molecule has 1 unspecified atom stereocenters. The number of nitrogens with zero attached hydrogens (tertiary/aromatic N) is 1. The Labute approximate surface area is 138 Å². The summed E-state index contributed by atoms with van der Waals surface area (Å²) in [6.07, 6.45) is 0.0393. The van der Waals surface area contributed by atoms with Crippen molar-refractivity contribution < 1.29 is 9.90 Å². The summed E-state index contributed by atoms with van der Waals surface area (Å²) in [6, 6.07) is 13.2. The summed E-state index contributed by atoms with van der Waals surface area (Å²) in [7, 11) is 0. The maximum Gasteiger partial charge on any atom is 0.258 e. The lowest BCUT2D eigenvalue weighted by Gasteiger charge is -2.38. The van der Waals surface area contributed by atoms with Crippen molar-refractivity contribution in [3.8, 4) is 0 Å². The predicted octanol–water partition coefficient (Wildman–Crippen LogP) is 4.23. The number of halogens is 1. The quantitative estimate of drug-likeness (QED) is 0.827. The molecule has 1 amide bonds. The average Bonchev–Trinajstić information content (AvgIpc) is 2.48.